The Morgan fingerprint density at radius 1 is 1.05 bits per heavy atom. The van der Waals surface area contributed by atoms with Gasteiger partial charge in [-0.05, 0) is 31.0 Å². The zero-order chi connectivity index (χ0) is 26.9. The van der Waals surface area contributed by atoms with Gasteiger partial charge in [0.2, 0.25) is 5.91 Å². The standard InChI is InChI=1S/C29H25ClF2N2O5/c30-24-18(31)10-19-17(11-29(39-19,21-7-4-8-34-21)15-5-2-1-3-6-15)22(24)23-16(27(33)35)9-20-26(25(23)32)37-14-28(38-20)12-36-13-28/h1-3,5-6,9-10,21,34H,4,7-8,11-14H2,(H2,33,35)/t21-,29-/m0/s1. The van der Waals surface area contributed by atoms with E-state index in [1.54, 1.807) is 0 Å². The van der Waals surface area contributed by atoms with Crippen molar-refractivity contribution in [3.05, 3.63) is 75.8 Å². The summed E-state index contributed by atoms with van der Waals surface area (Å²) in [5, 5.41) is 3.18. The quantitative estimate of drug-likeness (QED) is 0.493. The molecular formula is C29H25ClF2N2O5. The summed E-state index contributed by atoms with van der Waals surface area (Å²) in [5.74, 6) is -2.54. The molecule has 0 aromatic heterocycles. The third-order valence-electron chi connectivity index (χ3n) is 8.14. The molecule has 0 saturated carbocycles. The van der Waals surface area contributed by atoms with Gasteiger partial charge in [0.1, 0.15) is 18.2 Å². The molecule has 202 valence electrons. The molecule has 4 heterocycles. The first kappa shape index (κ1) is 24.6. The Kier molecular flexibility index (Phi) is 5.56. The number of nitrogens with two attached hydrogens (primary N) is 1. The number of nitrogens with one attached hydrogen (secondary N) is 1. The van der Waals surface area contributed by atoms with E-state index in [0.717, 1.165) is 24.9 Å². The largest absolute Gasteiger partial charge is 0.482 e. The van der Waals surface area contributed by atoms with Crippen molar-refractivity contribution in [2.24, 2.45) is 5.73 Å². The van der Waals surface area contributed by atoms with Crippen molar-refractivity contribution in [2.45, 2.75) is 36.5 Å². The van der Waals surface area contributed by atoms with Gasteiger partial charge in [0.25, 0.3) is 0 Å². The van der Waals surface area contributed by atoms with Crippen molar-refractivity contribution in [3.63, 3.8) is 0 Å². The molecule has 1 spiro atoms. The third-order valence-corrected chi connectivity index (χ3v) is 8.51. The van der Waals surface area contributed by atoms with Crippen LogP contribution in [0.3, 0.4) is 0 Å². The van der Waals surface area contributed by atoms with E-state index in [9.17, 15) is 4.79 Å². The second kappa shape index (κ2) is 8.81. The van der Waals surface area contributed by atoms with Crippen molar-refractivity contribution in [2.75, 3.05) is 26.4 Å². The summed E-state index contributed by atoms with van der Waals surface area (Å²) in [6.45, 7) is 1.43. The van der Waals surface area contributed by atoms with Crippen LogP contribution in [0.1, 0.15) is 34.3 Å². The molecule has 0 bridgehead atoms. The third kappa shape index (κ3) is 3.63. The van der Waals surface area contributed by atoms with E-state index in [4.69, 9.17) is 36.3 Å². The second-order valence-electron chi connectivity index (χ2n) is 10.6. The topological polar surface area (TPSA) is 92.0 Å². The van der Waals surface area contributed by atoms with Gasteiger partial charge >= 0.3 is 0 Å². The lowest BCUT2D eigenvalue weighted by atomic mass is 9.80. The number of amides is 1. The Morgan fingerprint density at radius 2 is 1.85 bits per heavy atom. The molecule has 0 unspecified atom stereocenters. The molecule has 4 aliphatic rings. The minimum atomic E-state index is -0.917. The number of primary amides is 1. The van der Waals surface area contributed by atoms with Crippen LogP contribution < -0.4 is 25.3 Å². The SMILES string of the molecule is NC(=O)c1cc2c(c(F)c1-c1c(Cl)c(F)cc3c1C[C@](c1ccccc1)([C@@H]1CCCN1)O3)OCC1(COC1)O2. The first-order valence-electron chi connectivity index (χ1n) is 12.9. The highest BCUT2D eigenvalue weighted by atomic mass is 35.5. The maximum absolute atomic E-state index is 16.4. The van der Waals surface area contributed by atoms with Gasteiger partial charge in [-0.15, -0.1) is 0 Å². The van der Waals surface area contributed by atoms with Crippen LogP contribution in [0.4, 0.5) is 8.78 Å². The number of hydrogen-bond acceptors (Lipinski definition) is 6. The summed E-state index contributed by atoms with van der Waals surface area (Å²) in [4.78, 5) is 12.7. The fourth-order valence-electron chi connectivity index (χ4n) is 6.22. The monoisotopic (exact) mass is 554 g/mol. The Balaban J connectivity index is 1.43. The van der Waals surface area contributed by atoms with Crippen LogP contribution in [-0.4, -0.2) is 43.9 Å². The van der Waals surface area contributed by atoms with Crippen molar-refractivity contribution in [1.29, 1.82) is 0 Å². The Morgan fingerprint density at radius 3 is 2.51 bits per heavy atom. The molecule has 0 aliphatic carbocycles. The predicted octanol–water partition coefficient (Wildman–Crippen LogP) is 4.51. The maximum Gasteiger partial charge on any atom is 0.249 e. The minimum Gasteiger partial charge on any atom is -0.482 e. The maximum atomic E-state index is 16.4. The molecule has 2 atom stereocenters. The molecule has 2 saturated heterocycles. The summed E-state index contributed by atoms with van der Waals surface area (Å²) in [6, 6.07) is 12.1. The highest BCUT2D eigenvalue weighted by molar-refractivity contribution is 6.34. The smallest absolute Gasteiger partial charge is 0.249 e. The van der Waals surface area contributed by atoms with Crippen molar-refractivity contribution in [1.82, 2.24) is 5.32 Å². The summed E-state index contributed by atoms with van der Waals surface area (Å²) in [7, 11) is 0. The van der Waals surface area contributed by atoms with Crippen LogP contribution in [0.25, 0.3) is 11.1 Å². The summed E-state index contributed by atoms with van der Waals surface area (Å²) >= 11 is 6.57. The molecule has 3 aromatic rings. The lowest BCUT2D eigenvalue weighted by molar-refractivity contribution is -0.187. The van der Waals surface area contributed by atoms with Crippen molar-refractivity contribution in [3.8, 4) is 28.4 Å². The number of ether oxygens (including phenoxy) is 4. The van der Waals surface area contributed by atoms with Gasteiger partial charge in [-0.3, -0.25) is 4.79 Å². The van der Waals surface area contributed by atoms with Gasteiger partial charge in [-0.2, -0.15) is 0 Å². The van der Waals surface area contributed by atoms with Gasteiger partial charge in [0, 0.05) is 29.2 Å². The van der Waals surface area contributed by atoms with Gasteiger partial charge in [0.15, 0.2) is 28.5 Å². The molecule has 3 aromatic carbocycles. The number of rotatable bonds is 4. The molecule has 2 fully saturated rings. The second-order valence-corrected chi connectivity index (χ2v) is 11.0. The van der Waals surface area contributed by atoms with E-state index in [1.807, 2.05) is 30.3 Å². The Hall–Kier alpha value is -3.40. The van der Waals surface area contributed by atoms with E-state index < -0.39 is 28.7 Å². The normalized spacial score (nSPS) is 24.2. The molecule has 1 amide bonds. The average molecular weight is 555 g/mol. The lowest BCUT2D eigenvalue weighted by Crippen LogP contribution is -2.60. The lowest BCUT2D eigenvalue weighted by Gasteiger charge is -2.44. The van der Waals surface area contributed by atoms with Gasteiger partial charge in [0.05, 0.1) is 29.8 Å². The number of carbonyl (C=O) groups excluding carboxylic acids is 1. The molecular weight excluding hydrogens is 530 g/mol. The van der Waals surface area contributed by atoms with Crippen LogP contribution >= 0.6 is 11.6 Å². The first-order valence-corrected chi connectivity index (χ1v) is 13.2. The highest BCUT2D eigenvalue weighted by Crippen LogP contribution is 2.54. The van der Waals surface area contributed by atoms with Gasteiger partial charge in [-0.1, -0.05) is 41.9 Å². The average Bonchev–Trinajstić information content (AvgIpc) is 3.59. The van der Waals surface area contributed by atoms with Crippen molar-refractivity contribution < 1.29 is 32.5 Å². The fourth-order valence-corrected chi connectivity index (χ4v) is 6.48. The van der Waals surface area contributed by atoms with Crippen molar-refractivity contribution >= 4 is 17.5 Å². The van der Waals surface area contributed by atoms with Crippen LogP contribution in [0, 0.1) is 11.6 Å². The molecule has 7 nitrogen and oxygen atoms in total. The van der Waals surface area contributed by atoms with Gasteiger partial charge in [-0.25, -0.2) is 8.78 Å². The van der Waals surface area contributed by atoms with E-state index in [-0.39, 0.29) is 71.2 Å². The van der Waals surface area contributed by atoms with Gasteiger partial charge < -0.3 is 30.0 Å². The van der Waals surface area contributed by atoms with Crippen LogP contribution in [0.15, 0.2) is 42.5 Å². The molecule has 0 radical (unpaired) electrons. The summed E-state index contributed by atoms with van der Waals surface area (Å²) in [5.41, 5.74) is 5.08. The summed E-state index contributed by atoms with van der Waals surface area (Å²) in [6.07, 6.45) is 2.06. The van der Waals surface area contributed by atoms with E-state index in [1.165, 1.54) is 12.1 Å². The number of fused-ring (bicyclic) bond motifs is 2. The zero-order valence-electron chi connectivity index (χ0n) is 20.8. The minimum absolute atomic E-state index is 0.0208. The molecule has 4 aliphatic heterocycles. The summed E-state index contributed by atoms with van der Waals surface area (Å²) < 4.78 is 55.3. The number of benzene rings is 3. The number of halogens is 3. The molecule has 7 rings (SSSR count). The first-order chi connectivity index (χ1) is 18.8. The van der Waals surface area contributed by atoms with Crippen LogP contribution in [0.2, 0.25) is 5.02 Å². The van der Waals surface area contributed by atoms with E-state index in [2.05, 4.69) is 5.32 Å². The van der Waals surface area contributed by atoms with E-state index >= 15 is 8.78 Å². The van der Waals surface area contributed by atoms with Crippen LogP contribution in [-0.2, 0) is 16.8 Å². The molecule has 3 N–H and O–H groups in total. The Labute approximate surface area is 228 Å². The van der Waals surface area contributed by atoms with E-state index in [0.29, 0.717) is 5.56 Å². The fraction of sp³-hybridized carbons (Fsp3) is 0.345. The highest BCUT2D eigenvalue weighted by Gasteiger charge is 2.51. The predicted molar refractivity (Wildman–Crippen MR) is 138 cm³/mol. The van der Waals surface area contributed by atoms with Crippen LogP contribution in [0.5, 0.6) is 17.2 Å². The number of carbonyl (C=O) groups is 1. The zero-order valence-corrected chi connectivity index (χ0v) is 21.6. The molecule has 10 heteroatoms. The Bertz CT molecular complexity index is 1510. The number of hydrogen-bond donors (Lipinski definition) is 2. The molecule has 39 heavy (non-hydrogen) atoms.